The van der Waals surface area contributed by atoms with Crippen LogP contribution in [-0.2, 0) is 22.6 Å². The van der Waals surface area contributed by atoms with Crippen LogP contribution in [0.4, 0.5) is 0 Å². The number of aliphatic carboxylic acids is 1. The zero-order valence-electron chi connectivity index (χ0n) is 11.1. The van der Waals surface area contributed by atoms with Crippen molar-refractivity contribution >= 4 is 23.2 Å². The molecule has 20 heavy (non-hydrogen) atoms. The minimum absolute atomic E-state index is 0.0321. The lowest BCUT2D eigenvalue weighted by Crippen LogP contribution is -2.42. The highest BCUT2D eigenvalue weighted by molar-refractivity contribution is 7.14. The molecule has 2 aliphatic heterocycles. The minimum Gasteiger partial charge on any atom is -0.481 e. The first kappa shape index (κ1) is 13.6. The number of thiophene rings is 1. The molecule has 1 saturated heterocycles. The largest absolute Gasteiger partial charge is 0.481 e. The lowest BCUT2D eigenvalue weighted by atomic mass is 9.98. The van der Waals surface area contributed by atoms with Crippen LogP contribution in [0.15, 0.2) is 6.07 Å². The molecular formula is C14H17NO4S. The van der Waals surface area contributed by atoms with Crippen molar-refractivity contribution in [2.75, 3.05) is 19.7 Å². The molecule has 3 rings (SSSR count). The third-order valence-electron chi connectivity index (χ3n) is 3.90. The van der Waals surface area contributed by atoms with Gasteiger partial charge in [0.25, 0.3) is 5.91 Å². The third kappa shape index (κ3) is 2.58. The van der Waals surface area contributed by atoms with Crippen LogP contribution >= 0.6 is 11.3 Å². The minimum atomic E-state index is -0.804. The third-order valence-corrected chi connectivity index (χ3v) is 5.12. The number of ether oxygens (including phenoxy) is 1. The molecule has 0 aromatic carbocycles. The van der Waals surface area contributed by atoms with Gasteiger partial charge in [-0.25, -0.2) is 0 Å². The molecule has 0 bridgehead atoms. The normalized spacial score (nSPS) is 22.4. The van der Waals surface area contributed by atoms with Crippen LogP contribution in [0.5, 0.6) is 0 Å². The molecule has 1 aromatic rings. The number of carbonyl (C=O) groups excluding carboxylic acids is 1. The molecule has 1 aromatic heterocycles. The van der Waals surface area contributed by atoms with Crippen molar-refractivity contribution in [1.82, 2.24) is 4.90 Å². The summed E-state index contributed by atoms with van der Waals surface area (Å²) < 4.78 is 5.39. The van der Waals surface area contributed by atoms with E-state index >= 15 is 0 Å². The highest BCUT2D eigenvalue weighted by atomic mass is 32.1. The molecule has 108 valence electrons. The molecule has 0 radical (unpaired) electrons. The quantitative estimate of drug-likeness (QED) is 0.903. The van der Waals surface area contributed by atoms with E-state index in [-0.39, 0.29) is 5.91 Å². The Kier molecular flexibility index (Phi) is 3.76. The molecule has 2 aliphatic rings. The van der Waals surface area contributed by atoms with Gasteiger partial charge in [-0.2, -0.15) is 0 Å². The average Bonchev–Trinajstić information content (AvgIpc) is 2.90. The number of rotatable bonds is 2. The predicted molar refractivity (Wildman–Crippen MR) is 73.9 cm³/mol. The molecule has 0 spiro atoms. The van der Waals surface area contributed by atoms with Crippen molar-refractivity contribution in [3.8, 4) is 0 Å². The zero-order chi connectivity index (χ0) is 14.1. The fraction of sp³-hybridized carbons (Fsp3) is 0.571. The molecule has 6 heteroatoms. The van der Waals surface area contributed by atoms with Crippen LogP contribution in [-0.4, -0.2) is 41.6 Å². The van der Waals surface area contributed by atoms with Gasteiger partial charge in [0.05, 0.1) is 24.0 Å². The SMILES string of the molecule is O=C(O)[C@H]1CCCN(C(=O)c2cc3c(s2)CCOC3)C1. The van der Waals surface area contributed by atoms with Gasteiger partial charge in [0.1, 0.15) is 0 Å². The summed E-state index contributed by atoms with van der Waals surface area (Å²) in [6.07, 6.45) is 2.29. The van der Waals surface area contributed by atoms with E-state index in [2.05, 4.69) is 0 Å². The van der Waals surface area contributed by atoms with Gasteiger partial charge >= 0.3 is 5.97 Å². The van der Waals surface area contributed by atoms with Gasteiger partial charge in [0.15, 0.2) is 0 Å². The Morgan fingerprint density at radius 1 is 1.45 bits per heavy atom. The summed E-state index contributed by atoms with van der Waals surface area (Å²) in [6, 6.07) is 1.91. The maximum Gasteiger partial charge on any atom is 0.308 e. The Bertz CT molecular complexity index is 516. The van der Waals surface area contributed by atoms with E-state index in [1.54, 1.807) is 4.90 Å². The molecule has 0 aliphatic carbocycles. The second kappa shape index (κ2) is 5.54. The van der Waals surface area contributed by atoms with Gasteiger partial charge in [-0.15, -0.1) is 11.3 Å². The molecule has 1 amide bonds. The topological polar surface area (TPSA) is 66.8 Å². The first-order valence-electron chi connectivity index (χ1n) is 6.86. The number of amides is 1. The second-order valence-corrected chi connectivity index (χ2v) is 6.43. The number of carbonyl (C=O) groups is 2. The standard InChI is InChI=1S/C14H17NO4S/c16-13(15-4-1-2-9(7-15)14(17)18)12-6-10-8-19-5-3-11(10)20-12/h6,9H,1-5,7-8H2,(H,17,18)/t9-/m0/s1. The van der Waals surface area contributed by atoms with E-state index in [4.69, 9.17) is 9.84 Å². The van der Waals surface area contributed by atoms with Crippen LogP contribution in [0.3, 0.4) is 0 Å². The molecule has 1 fully saturated rings. The Balaban J connectivity index is 1.75. The Morgan fingerprint density at radius 3 is 3.05 bits per heavy atom. The van der Waals surface area contributed by atoms with Crippen LogP contribution in [0.1, 0.15) is 33.0 Å². The number of piperidine rings is 1. The summed E-state index contributed by atoms with van der Waals surface area (Å²) in [4.78, 5) is 27.2. The van der Waals surface area contributed by atoms with Crippen molar-refractivity contribution in [3.05, 3.63) is 21.4 Å². The summed E-state index contributed by atoms with van der Waals surface area (Å²) in [5.74, 6) is -1.26. The van der Waals surface area contributed by atoms with Gasteiger partial charge in [-0.3, -0.25) is 9.59 Å². The van der Waals surface area contributed by atoms with Crippen LogP contribution in [0, 0.1) is 5.92 Å². The zero-order valence-corrected chi connectivity index (χ0v) is 11.9. The van der Waals surface area contributed by atoms with E-state index in [9.17, 15) is 9.59 Å². The van der Waals surface area contributed by atoms with Gasteiger partial charge in [-0.1, -0.05) is 0 Å². The first-order chi connectivity index (χ1) is 9.65. The van der Waals surface area contributed by atoms with E-state index in [0.717, 1.165) is 18.4 Å². The van der Waals surface area contributed by atoms with Gasteiger partial charge < -0.3 is 14.7 Å². The molecule has 0 unspecified atom stereocenters. The number of likely N-dealkylation sites (tertiary alicyclic amines) is 1. The van der Waals surface area contributed by atoms with Gasteiger partial charge in [0, 0.05) is 24.4 Å². The maximum atomic E-state index is 12.5. The van der Waals surface area contributed by atoms with Crippen molar-refractivity contribution in [2.45, 2.75) is 25.9 Å². The average molecular weight is 295 g/mol. The summed E-state index contributed by atoms with van der Waals surface area (Å²) in [7, 11) is 0. The highest BCUT2D eigenvalue weighted by Crippen LogP contribution is 2.29. The van der Waals surface area contributed by atoms with Crippen LogP contribution < -0.4 is 0 Å². The fourth-order valence-electron chi connectivity index (χ4n) is 2.77. The van der Waals surface area contributed by atoms with Crippen molar-refractivity contribution < 1.29 is 19.4 Å². The Hall–Kier alpha value is -1.40. The molecule has 5 nitrogen and oxygen atoms in total. The molecular weight excluding hydrogens is 278 g/mol. The summed E-state index contributed by atoms with van der Waals surface area (Å²) in [5, 5.41) is 9.09. The summed E-state index contributed by atoms with van der Waals surface area (Å²) in [5.41, 5.74) is 1.11. The van der Waals surface area contributed by atoms with Gasteiger partial charge in [-0.05, 0) is 24.5 Å². The molecule has 1 atom stereocenters. The Labute approximate surface area is 121 Å². The van der Waals surface area contributed by atoms with Gasteiger partial charge in [0.2, 0.25) is 0 Å². The second-order valence-electron chi connectivity index (χ2n) is 5.29. The van der Waals surface area contributed by atoms with Crippen molar-refractivity contribution in [3.63, 3.8) is 0 Å². The maximum absolute atomic E-state index is 12.5. The lowest BCUT2D eigenvalue weighted by Gasteiger charge is -2.30. The summed E-state index contributed by atoms with van der Waals surface area (Å²) in [6.45, 7) is 2.28. The predicted octanol–water partition coefficient (Wildman–Crippen LogP) is 1.76. The lowest BCUT2D eigenvalue weighted by molar-refractivity contribution is -0.143. The van der Waals surface area contributed by atoms with E-state index in [0.29, 0.717) is 37.6 Å². The number of fused-ring (bicyclic) bond motifs is 1. The number of carboxylic acids is 1. The Morgan fingerprint density at radius 2 is 2.30 bits per heavy atom. The van der Waals surface area contributed by atoms with Crippen LogP contribution in [0.2, 0.25) is 0 Å². The number of hydrogen-bond acceptors (Lipinski definition) is 4. The molecule has 0 saturated carbocycles. The number of carboxylic acid groups (broad SMARTS) is 1. The van der Waals surface area contributed by atoms with E-state index < -0.39 is 11.9 Å². The van der Waals surface area contributed by atoms with E-state index in [1.807, 2.05) is 6.07 Å². The fourth-order valence-corrected chi connectivity index (χ4v) is 3.89. The smallest absolute Gasteiger partial charge is 0.308 e. The first-order valence-corrected chi connectivity index (χ1v) is 7.68. The monoisotopic (exact) mass is 295 g/mol. The number of hydrogen-bond donors (Lipinski definition) is 1. The van der Waals surface area contributed by atoms with Crippen molar-refractivity contribution in [2.24, 2.45) is 5.92 Å². The number of nitrogens with zero attached hydrogens (tertiary/aromatic N) is 1. The summed E-state index contributed by atoms with van der Waals surface area (Å²) >= 11 is 1.53. The van der Waals surface area contributed by atoms with E-state index in [1.165, 1.54) is 16.2 Å². The van der Waals surface area contributed by atoms with Crippen molar-refractivity contribution in [1.29, 1.82) is 0 Å². The highest BCUT2D eigenvalue weighted by Gasteiger charge is 2.30. The van der Waals surface area contributed by atoms with Crippen LogP contribution in [0.25, 0.3) is 0 Å². The molecule has 3 heterocycles. The molecule has 1 N–H and O–H groups in total.